The van der Waals surface area contributed by atoms with Crippen molar-refractivity contribution < 1.29 is 14.0 Å². The molecule has 1 unspecified atom stereocenters. The Morgan fingerprint density at radius 2 is 1.77 bits per heavy atom. The Morgan fingerprint density at radius 3 is 2.38 bits per heavy atom. The number of benzene rings is 2. The standard InChI is InChI=1S/C21H23FN2O2/c1-15(23-21(26)17-5-3-2-4-6-17)13-20(25)24(19-11-12-19)14-16-7-9-18(22)10-8-16/h2-10,15,19H,11-14H2,1H3,(H,23,26). The largest absolute Gasteiger partial charge is 0.349 e. The number of halogens is 1. The van der Waals surface area contributed by atoms with Gasteiger partial charge in [-0.1, -0.05) is 30.3 Å². The third-order valence-corrected chi connectivity index (χ3v) is 4.47. The van der Waals surface area contributed by atoms with Gasteiger partial charge in [-0.3, -0.25) is 9.59 Å². The van der Waals surface area contributed by atoms with Gasteiger partial charge in [0.2, 0.25) is 5.91 Å². The summed E-state index contributed by atoms with van der Waals surface area (Å²) in [5.41, 5.74) is 1.49. The zero-order chi connectivity index (χ0) is 18.5. The average molecular weight is 354 g/mol. The van der Waals surface area contributed by atoms with Crippen molar-refractivity contribution in [2.75, 3.05) is 0 Å². The molecule has 0 spiro atoms. The lowest BCUT2D eigenvalue weighted by Gasteiger charge is -2.24. The first-order valence-electron chi connectivity index (χ1n) is 8.93. The Bertz CT molecular complexity index is 757. The Kier molecular flexibility index (Phi) is 5.66. The highest BCUT2D eigenvalue weighted by Crippen LogP contribution is 2.29. The molecule has 0 aliphatic heterocycles. The van der Waals surface area contributed by atoms with Crippen LogP contribution in [-0.4, -0.2) is 28.8 Å². The molecule has 1 saturated carbocycles. The van der Waals surface area contributed by atoms with Gasteiger partial charge in [0.15, 0.2) is 0 Å². The van der Waals surface area contributed by atoms with Crippen LogP contribution in [0.2, 0.25) is 0 Å². The number of nitrogens with one attached hydrogen (secondary N) is 1. The van der Waals surface area contributed by atoms with Crippen LogP contribution in [0.15, 0.2) is 54.6 Å². The molecule has 2 amide bonds. The Balaban J connectivity index is 1.57. The maximum atomic E-state index is 13.1. The number of nitrogens with zero attached hydrogens (tertiary/aromatic N) is 1. The van der Waals surface area contributed by atoms with Crippen LogP contribution in [0, 0.1) is 5.82 Å². The highest BCUT2D eigenvalue weighted by molar-refractivity contribution is 5.94. The van der Waals surface area contributed by atoms with Gasteiger partial charge in [0.25, 0.3) is 5.91 Å². The fourth-order valence-corrected chi connectivity index (χ4v) is 2.92. The molecule has 26 heavy (non-hydrogen) atoms. The summed E-state index contributed by atoms with van der Waals surface area (Å²) in [6.45, 7) is 2.31. The van der Waals surface area contributed by atoms with Crippen LogP contribution in [0.5, 0.6) is 0 Å². The van der Waals surface area contributed by atoms with E-state index in [1.54, 1.807) is 24.3 Å². The van der Waals surface area contributed by atoms with Gasteiger partial charge in [0.1, 0.15) is 5.82 Å². The molecule has 4 nitrogen and oxygen atoms in total. The Morgan fingerprint density at radius 1 is 1.12 bits per heavy atom. The summed E-state index contributed by atoms with van der Waals surface area (Å²) in [5, 5.41) is 2.88. The van der Waals surface area contributed by atoms with E-state index in [2.05, 4.69) is 5.32 Å². The summed E-state index contributed by atoms with van der Waals surface area (Å²) in [6.07, 6.45) is 2.24. The van der Waals surface area contributed by atoms with Gasteiger partial charge in [-0.2, -0.15) is 0 Å². The molecule has 2 aromatic rings. The van der Waals surface area contributed by atoms with Gasteiger partial charge in [0, 0.05) is 30.6 Å². The van der Waals surface area contributed by atoms with Gasteiger partial charge in [-0.15, -0.1) is 0 Å². The Labute approximate surface area is 153 Å². The molecule has 5 heteroatoms. The molecule has 3 rings (SSSR count). The van der Waals surface area contributed by atoms with Crippen molar-refractivity contribution in [1.29, 1.82) is 0 Å². The van der Waals surface area contributed by atoms with E-state index in [0.29, 0.717) is 12.1 Å². The molecule has 0 aromatic heterocycles. The second-order valence-electron chi connectivity index (χ2n) is 6.82. The molecule has 0 saturated heterocycles. The predicted octanol–water partition coefficient (Wildman–Crippen LogP) is 3.53. The van der Waals surface area contributed by atoms with Crippen molar-refractivity contribution in [3.05, 3.63) is 71.5 Å². The molecule has 0 radical (unpaired) electrons. The summed E-state index contributed by atoms with van der Waals surface area (Å²) < 4.78 is 13.1. The minimum Gasteiger partial charge on any atom is -0.349 e. The van der Waals surface area contributed by atoms with Crippen LogP contribution < -0.4 is 5.32 Å². The van der Waals surface area contributed by atoms with Crippen molar-refractivity contribution in [3.8, 4) is 0 Å². The predicted molar refractivity (Wildman–Crippen MR) is 98.0 cm³/mol. The van der Waals surface area contributed by atoms with Gasteiger partial charge in [-0.25, -0.2) is 4.39 Å². The van der Waals surface area contributed by atoms with E-state index in [-0.39, 0.29) is 36.1 Å². The van der Waals surface area contributed by atoms with Crippen LogP contribution in [0.4, 0.5) is 4.39 Å². The van der Waals surface area contributed by atoms with E-state index >= 15 is 0 Å². The fourth-order valence-electron chi connectivity index (χ4n) is 2.92. The van der Waals surface area contributed by atoms with Gasteiger partial charge < -0.3 is 10.2 Å². The smallest absolute Gasteiger partial charge is 0.251 e. The molecule has 1 fully saturated rings. The first-order chi connectivity index (χ1) is 12.5. The van der Waals surface area contributed by atoms with E-state index in [0.717, 1.165) is 18.4 Å². The van der Waals surface area contributed by atoms with Crippen molar-refractivity contribution in [1.82, 2.24) is 10.2 Å². The highest BCUT2D eigenvalue weighted by Gasteiger charge is 2.33. The van der Waals surface area contributed by atoms with Gasteiger partial charge in [0.05, 0.1) is 0 Å². The quantitative estimate of drug-likeness (QED) is 0.827. The van der Waals surface area contributed by atoms with E-state index in [4.69, 9.17) is 0 Å². The molecular formula is C21H23FN2O2. The normalized spacial score (nSPS) is 14.5. The molecule has 136 valence electrons. The number of hydrogen-bond acceptors (Lipinski definition) is 2. The maximum Gasteiger partial charge on any atom is 0.251 e. The van der Waals surface area contributed by atoms with Crippen LogP contribution in [0.3, 0.4) is 0 Å². The zero-order valence-corrected chi connectivity index (χ0v) is 14.8. The monoisotopic (exact) mass is 354 g/mol. The lowest BCUT2D eigenvalue weighted by Crippen LogP contribution is -2.40. The van der Waals surface area contributed by atoms with Crippen LogP contribution in [0.25, 0.3) is 0 Å². The topological polar surface area (TPSA) is 49.4 Å². The number of carbonyl (C=O) groups excluding carboxylic acids is 2. The van der Waals surface area contributed by atoms with Gasteiger partial charge in [-0.05, 0) is 49.6 Å². The van der Waals surface area contributed by atoms with Crippen molar-refractivity contribution in [3.63, 3.8) is 0 Å². The zero-order valence-electron chi connectivity index (χ0n) is 14.8. The second-order valence-corrected chi connectivity index (χ2v) is 6.82. The summed E-state index contributed by atoms with van der Waals surface area (Å²) >= 11 is 0. The molecule has 1 N–H and O–H groups in total. The second kappa shape index (κ2) is 8.13. The number of rotatable bonds is 7. The van der Waals surface area contributed by atoms with Crippen molar-refractivity contribution in [2.45, 2.75) is 44.8 Å². The third-order valence-electron chi connectivity index (χ3n) is 4.47. The minimum absolute atomic E-state index is 0.0117. The van der Waals surface area contributed by atoms with Crippen LogP contribution in [0.1, 0.15) is 42.1 Å². The SMILES string of the molecule is CC(CC(=O)N(Cc1ccc(F)cc1)C1CC1)NC(=O)c1ccccc1. The summed E-state index contributed by atoms with van der Waals surface area (Å²) in [6, 6.07) is 15.2. The molecule has 1 aliphatic rings. The summed E-state index contributed by atoms with van der Waals surface area (Å²) in [5.74, 6) is -0.449. The van der Waals surface area contributed by atoms with Crippen LogP contribution >= 0.6 is 0 Å². The van der Waals surface area contributed by atoms with E-state index in [1.165, 1.54) is 12.1 Å². The number of amides is 2. The maximum absolute atomic E-state index is 13.1. The number of hydrogen-bond donors (Lipinski definition) is 1. The fraction of sp³-hybridized carbons (Fsp3) is 0.333. The van der Waals surface area contributed by atoms with Crippen LogP contribution in [-0.2, 0) is 11.3 Å². The lowest BCUT2D eigenvalue weighted by atomic mass is 10.1. The van der Waals surface area contributed by atoms with Gasteiger partial charge >= 0.3 is 0 Å². The average Bonchev–Trinajstić information content (AvgIpc) is 3.46. The lowest BCUT2D eigenvalue weighted by molar-refractivity contribution is -0.132. The molecule has 1 aliphatic carbocycles. The molecule has 0 bridgehead atoms. The highest BCUT2D eigenvalue weighted by atomic mass is 19.1. The van der Waals surface area contributed by atoms with Crippen molar-refractivity contribution in [2.24, 2.45) is 0 Å². The molecule has 0 heterocycles. The van der Waals surface area contributed by atoms with E-state index in [1.807, 2.05) is 30.0 Å². The first kappa shape index (κ1) is 18.1. The minimum atomic E-state index is -0.282. The van der Waals surface area contributed by atoms with Crippen molar-refractivity contribution >= 4 is 11.8 Å². The summed E-state index contributed by atoms with van der Waals surface area (Å²) in [4.78, 5) is 26.8. The first-order valence-corrected chi connectivity index (χ1v) is 8.93. The Hall–Kier alpha value is -2.69. The molecule has 1 atom stereocenters. The molecular weight excluding hydrogens is 331 g/mol. The molecule has 2 aromatic carbocycles. The van der Waals surface area contributed by atoms with E-state index in [9.17, 15) is 14.0 Å². The van der Waals surface area contributed by atoms with E-state index < -0.39 is 0 Å². The number of carbonyl (C=O) groups is 2. The third kappa shape index (κ3) is 4.91. The summed E-state index contributed by atoms with van der Waals surface area (Å²) in [7, 11) is 0.